The monoisotopic (exact) mass is 505 g/mol. The van der Waals surface area contributed by atoms with Crippen molar-refractivity contribution in [3.63, 3.8) is 0 Å². The second kappa shape index (κ2) is 8.99. The summed E-state index contributed by atoms with van der Waals surface area (Å²) in [6, 6.07) is 11.8. The molecule has 0 N–H and O–H groups in total. The summed E-state index contributed by atoms with van der Waals surface area (Å²) in [5.74, 6) is -1.49. The Balaban J connectivity index is 1.64. The fourth-order valence-electron chi connectivity index (χ4n) is 5.81. The topological polar surface area (TPSA) is 124 Å². The van der Waals surface area contributed by atoms with Crippen molar-refractivity contribution in [1.29, 1.82) is 0 Å². The normalized spacial score (nSPS) is 23.3. The van der Waals surface area contributed by atoms with Crippen LogP contribution in [0, 0.1) is 15.5 Å². The number of barbiturate groups is 1. The van der Waals surface area contributed by atoms with E-state index in [1.54, 1.807) is 35.2 Å². The van der Waals surface area contributed by atoms with E-state index in [0.717, 1.165) is 9.80 Å². The van der Waals surface area contributed by atoms with Crippen LogP contribution in [0.2, 0.25) is 0 Å². The zero-order chi connectivity index (χ0) is 26.5. The number of nitrogens with zero attached hydrogens (tertiary/aromatic N) is 5. The number of piperazine rings is 1. The highest BCUT2D eigenvalue weighted by atomic mass is 16.6. The molecule has 3 aliphatic heterocycles. The number of non-ortho nitro benzene ring substituents is 1. The number of carbonyl (C=O) groups is 4. The summed E-state index contributed by atoms with van der Waals surface area (Å²) >= 11 is 0. The summed E-state index contributed by atoms with van der Waals surface area (Å²) in [7, 11) is 1.35. The molecule has 11 nitrogen and oxygen atoms in total. The standard InChI is InChI=1S/C26H27N5O6/c1-3-11-30-24(34)26(23(33)27(2)25(30)35)15-18-14-19(31(36)37)9-10-20(18)29-13-12-28(16-21(26)29)22(32)17-7-5-4-6-8-17/h4-10,14,21H,3,11-13,15-16H2,1-2H3/t21-,26-/m0/s1. The van der Waals surface area contributed by atoms with Crippen LogP contribution in [0.3, 0.4) is 0 Å². The first-order valence-corrected chi connectivity index (χ1v) is 12.2. The molecule has 2 aromatic carbocycles. The number of anilines is 1. The lowest BCUT2D eigenvalue weighted by Gasteiger charge is -2.56. The van der Waals surface area contributed by atoms with Crippen LogP contribution < -0.4 is 4.90 Å². The molecule has 11 heteroatoms. The molecule has 37 heavy (non-hydrogen) atoms. The lowest BCUT2D eigenvalue weighted by molar-refractivity contribution is -0.384. The number of fused-ring (bicyclic) bond motifs is 4. The van der Waals surface area contributed by atoms with Gasteiger partial charge in [0, 0.05) is 63.0 Å². The number of hydrogen-bond donors (Lipinski definition) is 0. The maximum Gasteiger partial charge on any atom is 0.333 e. The molecule has 5 rings (SSSR count). The highest BCUT2D eigenvalue weighted by Crippen LogP contribution is 2.47. The summed E-state index contributed by atoms with van der Waals surface area (Å²) in [6.45, 7) is 2.71. The van der Waals surface area contributed by atoms with Gasteiger partial charge in [0.25, 0.3) is 11.6 Å². The molecular formula is C26H27N5O6. The first-order chi connectivity index (χ1) is 17.7. The van der Waals surface area contributed by atoms with Crippen molar-refractivity contribution in [2.75, 3.05) is 38.1 Å². The second-order valence-electron chi connectivity index (χ2n) is 9.65. The van der Waals surface area contributed by atoms with Gasteiger partial charge < -0.3 is 9.80 Å². The smallest absolute Gasteiger partial charge is 0.333 e. The molecule has 0 bridgehead atoms. The van der Waals surface area contributed by atoms with Crippen LogP contribution in [0.5, 0.6) is 0 Å². The first-order valence-electron chi connectivity index (χ1n) is 12.2. The minimum absolute atomic E-state index is 0.0869. The molecule has 0 unspecified atom stereocenters. The van der Waals surface area contributed by atoms with Gasteiger partial charge in [-0.2, -0.15) is 0 Å². The third-order valence-electron chi connectivity index (χ3n) is 7.59. The summed E-state index contributed by atoms with van der Waals surface area (Å²) in [4.78, 5) is 70.8. The average molecular weight is 506 g/mol. The van der Waals surface area contributed by atoms with Crippen molar-refractivity contribution in [3.05, 3.63) is 69.8 Å². The molecule has 0 radical (unpaired) electrons. The first kappa shape index (κ1) is 24.4. The van der Waals surface area contributed by atoms with Crippen molar-refractivity contribution < 1.29 is 24.1 Å². The quantitative estimate of drug-likeness (QED) is 0.355. The Hall–Kier alpha value is -4.28. The summed E-state index contributed by atoms with van der Waals surface area (Å²) in [5, 5.41) is 11.5. The zero-order valence-electron chi connectivity index (χ0n) is 20.6. The summed E-state index contributed by atoms with van der Waals surface area (Å²) in [5.41, 5.74) is -0.173. The Kier molecular flexibility index (Phi) is 5.93. The van der Waals surface area contributed by atoms with E-state index in [1.807, 2.05) is 17.9 Å². The Morgan fingerprint density at radius 1 is 1.08 bits per heavy atom. The maximum absolute atomic E-state index is 14.1. The Labute approximate surface area is 213 Å². The number of imide groups is 2. The van der Waals surface area contributed by atoms with Gasteiger partial charge in [-0.15, -0.1) is 0 Å². The van der Waals surface area contributed by atoms with Crippen LogP contribution in [-0.4, -0.2) is 82.6 Å². The van der Waals surface area contributed by atoms with E-state index in [1.165, 1.54) is 19.2 Å². The molecule has 2 saturated heterocycles. The number of nitro benzene ring substituents is 1. The van der Waals surface area contributed by atoms with Gasteiger partial charge in [-0.3, -0.25) is 34.3 Å². The Morgan fingerprint density at radius 2 is 1.81 bits per heavy atom. The van der Waals surface area contributed by atoms with Gasteiger partial charge in [0.05, 0.1) is 11.0 Å². The van der Waals surface area contributed by atoms with Crippen LogP contribution >= 0.6 is 0 Å². The fourth-order valence-corrected chi connectivity index (χ4v) is 5.81. The van der Waals surface area contributed by atoms with Gasteiger partial charge in [-0.1, -0.05) is 25.1 Å². The number of nitro groups is 1. The van der Waals surface area contributed by atoms with E-state index in [0.29, 0.717) is 36.3 Å². The summed E-state index contributed by atoms with van der Waals surface area (Å²) < 4.78 is 0. The molecule has 3 aliphatic rings. The molecule has 0 aromatic heterocycles. The van der Waals surface area contributed by atoms with E-state index in [2.05, 4.69) is 0 Å². The molecule has 3 heterocycles. The van der Waals surface area contributed by atoms with Gasteiger partial charge in [0.1, 0.15) is 0 Å². The highest BCUT2D eigenvalue weighted by molar-refractivity contribution is 6.20. The van der Waals surface area contributed by atoms with Crippen molar-refractivity contribution in [2.45, 2.75) is 25.8 Å². The molecule has 192 valence electrons. The van der Waals surface area contributed by atoms with Gasteiger partial charge in [-0.25, -0.2) is 4.79 Å². The molecule has 0 saturated carbocycles. The Morgan fingerprint density at radius 3 is 2.49 bits per heavy atom. The lowest BCUT2D eigenvalue weighted by Crippen LogP contribution is -2.75. The minimum Gasteiger partial charge on any atom is -0.363 e. The number of carbonyl (C=O) groups excluding carboxylic acids is 4. The SMILES string of the molecule is CCCN1C(=O)N(C)C(=O)[C@@]2(Cc3cc([N+](=O)[O-])ccc3N3CCN(C(=O)c4ccccc4)C[C@H]32)C1=O. The van der Waals surface area contributed by atoms with E-state index in [4.69, 9.17) is 0 Å². The molecule has 1 spiro atoms. The molecule has 2 fully saturated rings. The van der Waals surface area contributed by atoms with Gasteiger partial charge in [0.2, 0.25) is 11.8 Å². The number of benzene rings is 2. The van der Waals surface area contributed by atoms with Gasteiger partial charge in [0.15, 0.2) is 5.41 Å². The fraction of sp³-hybridized carbons (Fsp3) is 0.385. The molecule has 5 amide bonds. The Bertz CT molecular complexity index is 1310. The van der Waals surface area contributed by atoms with Crippen molar-refractivity contribution in [3.8, 4) is 0 Å². The van der Waals surface area contributed by atoms with E-state index >= 15 is 0 Å². The van der Waals surface area contributed by atoms with Gasteiger partial charge >= 0.3 is 6.03 Å². The molecule has 2 atom stereocenters. The molecule has 0 aliphatic carbocycles. The number of hydrogen-bond acceptors (Lipinski definition) is 7. The van der Waals surface area contributed by atoms with Crippen molar-refractivity contribution in [2.24, 2.45) is 5.41 Å². The van der Waals surface area contributed by atoms with Crippen molar-refractivity contribution >= 4 is 35.1 Å². The summed E-state index contributed by atoms with van der Waals surface area (Å²) in [6.07, 6.45) is 0.401. The van der Waals surface area contributed by atoms with Crippen LogP contribution in [0.25, 0.3) is 0 Å². The van der Waals surface area contributed by atoms with Crippen LogP contribution in [0.15, 0.2) is 48.5 Å². The molecular weight excluding hydrogens is 478 g/mol. The number of rotatable bonds is 4. The van der Waals surface area contributed by atoms with Crippen molar-refractivity contribution in [1.82, 2.24) is 14.7 Å². The van der Waals surface area contributed by atoms with E-state index in [-0.39, 0.29) is 31.1 Å². The minimum atomic E-state index is -1.71. The van der Waals surface area contributed by atoms with E-state index < -0.39 is 34.2 Å². The third kappa shape index (κ3) is 3.64. The number of urea groups is 1. The van der Waals surface area contributed by atoms with Crippen LogP contribution in [0.4, 0.5) is 16.2 Å². The predicted octanol–water partition coefficient (Wildman–Crippen LogP) is 2.30. The predicted molar refractivity (Wildman–Crippen MR) is 133 cm³/mol. The average Bonchev–Trinajstić information content (AvgIpc) is 2.92. The lowest BCUT2D eigenvalue weighted by atomic mass is 9.67. The largest absolute Gasteiger partial charge is 0.363 e. The van der Waals surface area contributed by atoms with Gasteiger partial charge in [-0.05, 0) is 30.2 Å². The maximum atomic E-state index is 14.1. The second-order valence-corrected chi connectivity index (χ2v) is 9.65. The zero-order valence-corrected chi connectivity index (χ0v) is 20.6. The molecule has 2 aromatic rings. The van der Waals surface area contributed by atoms with Crippen LogP contribution in [-0.2, 0) is 16.0 Å². The number of amides is 5. The van der Waals surface area contributed by atoms with Crippen LogP contribution in [0.1, 0.15) is 29.3 Å². The highest BCUT2D eigenvalue weighted by Gasteiger charge is 2.64. The van der Waals surface area contributed by atoms with E-state index in [9.17, 15) is 29.3 Å². The third-order valence-corrected chi connectivity index (χ3v) is 7.59.